The van der Waals surface area contributed by atoms with Crippen LogP contribution in [0.3, 0.4) is 0 Å². The molecule has 0 spiro atoms. The van der Waals surface area contributed by atoms with Gasteiger partial charge in [-0.1, -0.05) is 59.3 Å². The summed E-state index contributed by atoms with van der Waals surface area (Å²) in [5.74, 6) is 0.986. The SMILES string of the molecule is CC(C)C[O-].CC(C)C[O-].CC(C)C[O-].O.[V]. The Kier molecular flexibility index (Phi) is 45.3. The van der Waals surface area contributed by atoms with Gasteiger partial charge in [-0.05, 0) is 0 Å². The fourth-order valence-corrected chi connectivity index (χ4v) is 0. The van der Waals surface area contributed by atoms with Gasteiger partial charge in [0.15, 0.2) is 0 Å². The summed E-state index contributed by atoms with van der Waals surface area (Å²) in [6.45, 7) is 11.6. The standard InChI is InChI=1S/3C4H9O.H2O.V/c3*1-4(2)3-5;;/h3*4H,3H2,1-2H3;1H2;/q3*-1;;. The van der Waals surface area contributed by atoms with Crippen LogP contribution < -0.4 is 15.3 Å². The monoisotopic (exact) mass is 288 g/mol. The van der Waals surface area contributed by atoms with Crippen LogP contribution in [0.2, 0.25) is 0 Å². The topological polar surface area (TPSA) is 101 Å². The molecule has 0 fully saturated rings. The second-order valence-electron chi connectivity index (χ2n) is 4.68. The second kappa shape index (κ2) is 25.3. The van der Waals surface area contributed by atoms with E-state index in [0.29, 0.717) is 17.8 Å². The molecule has 0 aromatic carbocycles. The van der Waals surface area contributed by atoms with E-state index in [1.54, 1.807) is 0 Å². The van der Waals surface area contributed by atoms with Gasteiger partial charge in [0.25, 0.3) is 0 Å². The molecule has 0 heterocycles. The molecule has 0 atom stereocenters. The Balaban J connectivity index is -0.0000000400. The van der Waals surface area contributed by atoms with Gasteiger partial charge in [0.2, 0.25) is 0 Å². The molecule has 0 aliphatic rings. The zero-order chi connectivity index (χ0) is 12.9. The van der Waals surface area contributed by atoms with Crippen LogP contribution in [0.1, 0.15) is 41.5 Å². The molecule has 17 heavy (non-hydrogen) atoms. The van der Waals surface area contributed by atoms with Crippen molar-refractivity contribution in [3.8, 4) is 0 Å². The Hall–Kier alpha value is 0.424. The molecule has 0 aliphatic heterocycles. The van der Waals surface area contributed by atoms with E-state index >= 15 is 0 Å². The van der Waals surface area contributed by atoms with Crippen molar-refractivity contribution < 1.29 is 39.4 Å². The number of hydrogen-bond acceptors (Lipinski definition) is 3. The smallest absolute Gasteiger partial charge is 0 e. The largest absolute Gasteiger partial charge is 0.854 e. The molecule has 2 N–H and O–H groups in total. The average Bonchev–Trinajstić information content (AvgIpc) is 2.19. The van der Waals surface area contributed by atoms with Crippen molar-refractivity contribution in [1.82, 2.24) is 0 Å². The van der Waals surface area contributed by atoms with E-state index in [4.69, 9.17) is 0 Å². The van der Waals surface area contributed by atoms with Crippen LogP contribution in [0.5, 0.6) is 0 Å². The predicted octanol–water partition coefficient (Wildman–Crippen LogP) is -0.819. The normalized spacial score (nSPS) is 8.47. The minimum absolute atomic E-state index is 0. The fourth-order valence-electron chi connectivity index (χ4n) is 0. The first kappa shape index (κ1) is 30.4. The molecule has 0 rings (SSSR count). The maximum atomic E-state index is 9.63. The summed E-state index contributed by atoms with van der Waals surface area (Å²) in [6, 6.07) is 0. The molecule has 4 nitrogen and oxygen atoms in total. The van der Waals surface area contributed by atoms with E-state index in [9.17, 15) is 15.3 Å². The van der Waals surface area contributed by atoms with Gasteiger partial charge in [0, 0.05) is 18.6 Å². The predicted molar refractivity (Wildman–Crippen MR) is 62.7 cm³/mol. The van der Waals surface area contributed by atoms with Crippen LogP contribution in [0.4, 0.5) is 0 Å². The van der Waals surface area contributed by atoms with Crippen molar-refractivity contribution in [3.63, 3.8) is 0 Å². The van der Waals surface area contributed by atoms with Crippen LogP contribution in [0, 0.1) is 17.8 Å². The van der Waals surface area contributed by atoms with E-state index in [2.05, 4.69) is 0 Å². The Labute approximate surface area is 119 Å². The van der Waals surface area contributed by atoms with E-state index in [1.165, 1.54) is 0 Å². The molecule has 109 valence electrons. The molecular formula is C12H29O4V-3. The van der Waals surface area contributed by atoms with Gasteiger partial charge < -0.3 is 20.8 Å². The summed E-state index contributed by atoms with van der Waals surface area (Å²) in [5, 5.41) is 28.9. The van der Waals surface area contributed by atoms with Gasteiger partial charge in [0.05, 0.1) is 0 Å². The third-order valence-corrected chi connectivity index (χ3v) is 1.00. The van der Waals surface area contributed by atoms with Crippen molar-refractivity contribution in [2.45, 2.75) is 41.5 Å². The molecule has 1 radical (unpaired) electrons. The summed E-state index contributed by atoms with van der Waals surface area (Å²) < 4.78 is 0. The Bertz CT molecular complexity index is 79.5. The quantitative estimate of drug-likeness (QED) is 0.678. The third-order valence-electron chi connectivity index (χ3n) is 1.00. The molecule has 0 amide bonds. The summed E-state index contributed by atoms with van der Waals surface area (Å²) in [7, 11) is 0. The van der Waals surface area contributed by atoms with E-state index in [0.717, 1.165) is 0 Å². The zero-order valence-corrected chi connectivity index (χ0v) is 13.4. The Morgan fingerprint density at radius 1 is 0.588 bits per heavy atom. The summed E-state index contributed by atoms with van der Waals surface area (Å²) in [4.78, 5) is 0. The third kappa shape index (κ3) is 82.8. The van der Waals surface area contributed by atoms with Crippen molar-refractivity contribution in [3.05, 3.63) is 0 Å². The van der Waals surface area contributed by atoms with Crippen LogP contribution in [0.15, 0.2) is 0 Å². The van der Waals surface area contributed by atoms with Gasteiger partial charge >= 0.3 is 0 Å². The molecule has 0 aliphatic carbocycles. The van der Waals surface area contributed by atoms with E-state index in [-0.39, 0.29) is 43.9 Å². The summed E-state index contributed by atoms with van der Waals surface area (Å²) in [6.07, 6.45) is 0. The van der Waals surface area contributed by atoms with Crippen LogP contribution >= 0.6 is 0 Å². The average molecular weight is 288 g/mol. The van der Waals surface area contributed by atoms with Crippen LogP contribution in [-0.2, 0) is 18.6 Å². The molecule has 0 aromatic rings. The molecule has 0 saturated heterocycles. The molecule has 5 heteroatoms. The minimum Gasteiger partial charge on any atom is -0.854 e. The zero-order valence-electron chi connectivity index (χ0n) is 12.0. The number of rotatable bonds is 3. The van der Waals surface area contributed by atoms with Gasteiger partial charge in [-0.2, -0.15) is 0 Å². The summed E-state index contributed by atoms with van der Waals surface area (Å²) in [5.41, 5.74) is 0. The molecule has 0 aromatic heterocycles. The second-order valence-corrected chi connectivity index (χ2v) is 4.68. The first-order valence-corrected chi connectivity index (χ1v) is 5.55. The summed E-state index contributed by atoms with van der Waals surface area (Å²) >= 11 is 0. The van der Waals surface area contributed by atoms with Gasteiger partial charge in [0.1, 0.15) is 0 Å². The molecule has 0 bridgehead atoms. The van der Waals surface area contributed by atoms with Crippen LogP contribution in [0.25, 0.3) is 0 Å². The minimum atomic E-state index is 0. The first-order chi connectivity index (χ1) is 6.81. The molecular weight excluding hydrogens is 259 g/mol. The van der Waals surface area contributed by atoms with Crippen molar-refractivity contribution in [2.75, 3.05) is 19.8 Å². The van der Waals surface area contributed by atoms with Crippen molar-refractivity contribution in [2.24, 2.45) is 17.8 Å². The van der Waals surface area contributed by atoms with Crippen molar-refractivity contribution >= 4 is 0 Å². The van der Waals surface area contributed by atoms with Crippen LogP contribution in [-0.4, -0.2) is 25.3 Å². The molecule has 0 saturated carbocycles. The first-order valence-electron chi connectivity index (χ1n) is 5.55. The van der Waals surface area contributed by atoms with Gasteiger partial charge in [-0.15, -0.1) is 19.8 Å². The molecule has 0 unspecified atom stereocenters. The fraction of sp³-hybridized carbons (Fsp3) is 1.00. The van der Waals surface area contributed by atoms with E-state index in [1.807, 2.05) is 41.5 Å². The van der Waals surface area contributed by atoms with Gasteiger partial charge in [-0.3, -0.25) is 0 Å². The maximum Gasteiger partial charge on any atom is 0 e. The van der Waals surface area contributed by atoms with Crippen molar-refractivity contribution in [1.29, 1.82) is 0 Å². The Morgan fingerprint density at radius 3 is 0.647 bits per heavy atom. The van der Waals surface area contributed by atoms with Gasteiger partial charge in [-0.25, -0.2) is 0 Å². The Morgan fingerprint density at radius 2 is 0.647 bits per heavy atom. The number of hydrogen-bond donors (Lipinski definition) is 0. The maximum absolute atomic E-state index is 9.63. The van der Waals surface area contributed by atoms with E-state index < -0.39 is 0 Å².